The van der Waals surface area contributed by atoms with E-state index in [1.807, 2.05) is 25.1 Å². The molecule has 30 heavy (non-hydrogen) atoms. The number of aromatic nitrogens is 3. The summed E-state index contributed by atoms with van der Waals surface area (Å²) in [5, 5.41) is 3.61. The number of thiazole rings is 1. The molecule has 8 heteroatoms. The highest BCUT2D eigenvalue weighted by Gasteiger charge is 2.17. The third-order valence-corrected chi connectivity index (χ3v) is 6.31. The molecule has 2 heterocycles. The molecule has 0 fully saturated rings. The first-order chi connectivity index (χ1) is 14.5. The number of thioether (sulfide) groups is 1. The molecule has 0 aliphatic carbocycles. The van der Waals surface area contributed by atoms with E-state index in [0.717, 1.165) is 21.3 Å². The Kier molecular flexibility index (Phi) is 5.96. The zero-order valence-corrected chi connectivity index (χ0v) is 18.0. The molecule has 0 bridgehead atoms. The average Bonchev–Trinajstić information content (AvgIpc) is 3.17. The van der Waals surface area contributed by atoms with Crippen molar-refractivity contribution in [3.8, 4) is 0 Å². The lowest BCUT2D eigenvalue weighted by atomic mass is 10.2. The van der Waals surface area contributed by atoms with Crippen molar-refractivity contribution in [1.82, 2.24) is 15.0 Å². The molecular weight excluding hydrogens is 418 g/mol. The summed E-state index contributed by atoms with van der Waals surface area (Å²) >= 11 is 3.30. The molecule has 0 spiro atoms. The van der Waals surface area contributed by atoms with Crippen LogP contribution >= 0.6 is 23.1 Å². The zero-order chi connectivity index (χ0) is 21.1. The summed E-state index contributed by atoms with van der Waals surface area (Å²) in [6.45, 7) is 3.67. The number of aromatic amines is 1. The normalized spacial score (nSPS) is 12.1. The van der Waals surface area contributed by atoms with Gasteiger partial charge >= 0.3 is 5.97 Å². The maximum absolute atomic E-state index is 12.5. The van der Waals surface area contributed by atoms with E-state index >= 15 is 0 Å². The second-order valence-electron chi connectivity index (χ2n) is 6.69. The third kappa shape index (κ3) is 4.60. The molecule has 0 saturated carbocycles. The molecule has 2 aromatic heterocycles. The Morgan fingerprint density at radius 1 is 1.17 bits per heavy atom. The van der Waals surface area contributed by atoms with Gasteiger partial charge in [-0.25, -0.2) is 14.8 Å². The van der Waals surface area contributed by atoms with Crippen LogP contribution in [0.5, 0.6) is 0 Å². The number of carbonyl (C=O) groups is 1. The molecule has 152 valence electrons. The Labute approximate surface area is 181 Å². The number of fused-ring (bicyclic) bond motifs is 1. The molecule has 0 radical (unpaired) electrons. The molecule has 1 unspecified atom stereocenters. The summed E-state index contributed by atoms with van der Waals surface area (Å²) in [6.07, 6.45) is -0.684. The number of hydrogen-bond acceptors (Lipinski definition) is 7. The van der Waals surface area contributed by atoms with Gasteiger partial charge in [0.15, 0.2) is 11.9 Å². The van der Waals surface area contributed by atoms with E-state index in [2.05, 4.69) is 20.3 Å². The number of esters is 1. The van der Waals surface area contributed by atoms with E-state index in [9.17, 15) is 9.59 Å². The van der Waals surface area contributed by atoms with Gasteiger partial charge in [0.2, 0.25) is 0 Å². The van der Waals surface area contributed by atoms with Gasteiger partial charge in [-0.1, -0.05) is 12.1 Å². The summed E-state index contributed by atoms with van der Waals surface area (Å²) in [6, 6.07) is 14.3. The topological polar surface area (TPSA) is 84.9 Å². The fourth-order valence-electron chi connectivity index (χ4n) is 2.90. The van der Waals surface area contributed by atoms with Crippen LogP contribution in [-0.2, 0) is 10.5 Å². The lowest BCUT2D eigenvalue weighted by molar-refractivity contribution is 0.0320. The predicted octanol–water partition coefficient (Wildman–Crippen LogP) is 4.90. The van der Waals surface area contributed by atoms with Crippen LogP contribution in [0.2, 0.25) is 0 Å². The van der Waals surface area contributed by atoms with Crippen molar-refractivity contribution >= 4 is 40.0 Å². The monoisotopic (exact) mass is 437 g/mol. The zero-order valence-electron chi connectivity index (χ0n) is 16.4. The van der Waals surface area contributed by atoms with Crippen LogP contribution < -0.4 is 5.56 Å². The SMILES string of the molecule is Cc1nc(CSc2ccc(C(=O)OC(C)c3nc4ccccc4c(=O)[nH]3)cc2)cs1. The number of carbonyl (C=O) groups excluding carboxylic acids is 1. The number of aryl methyl sites for hydroxylation is 1. The van der Waals surface area contributed by atoms with Gasteiger partial charge in [-0.2, -0.15) is 0 Å². The van der Waals surface area contributed by atoms with Gasteiger partial charge in [0.05, 0.1) is 27.2 Å². The Morgan fingerprint density at radius 3 is 2.67 bits per heavy atom. The van der Waals surface area contributed by atoms with Crippen molar-refractivity contribution in [1.29, 1.82) is 0 Å². The minimum absolute atomic E-state index is 0.254. The largest absolute Gasteiger partial charge is 0.451 e. The van der Waals surface area contributed by atoms with Crippen molar-refractivity contribution in [3.05, 3.63) is 86.4 Å². The molecule has 6 nitrogen and oxygen atoms in total. The standard InChI is InChI=1S/C22H19N3O3S2/c1-13(20-24-19-6-4-3-5-18(19)21(26)25-20)28-22(27)15-7-9-17(10-8-15)30-12-16-11-29-14(2)23-16/h3-11,13H,12H2,1-2H3,(H,24,25,26). The van der Waals surface area contributed by atoms with Crippen LogP contribution in [0.25, 0.3) is 10.9 Å². The lowest BCUT2D eigenvalue weighted by Gasteiger charge is -2.13. The minimum Gasteiger partial charge on any atom is -0.451 e. The van der Waals surface area contributed by atoms with E-state index in [1.165, 1.54) is 0 Å². The molecule has 1 atom stereocenters. The highest BCUT2D eigenvalue weighted by atomic mass is 32.2. The van der Waals surface area contributed by atoms with E-state index in [-0.39, 0.29) is 5.56 Å². The number of ether oxygens (including phenoxy) is 1. The van der Waals surface area contributed by atoms with Crippen molar-refractivity contribution in [2.75, 3.05) is 0 Å². The summed E-state index contributed by atoms with van der Waals surface area (Å²) in [5.41, 5.74) is 1.81. The number of benzene rings is 2. The number of para-hydroxylation sites is 1. The summed E-state index contributed by atoms with van der Waals surface area (Å²) in [5.74, 6) is 0.634. The summed E-state index contributed by atoms with van der Waals surface area (Å²) < 4.78 is 5.51. The molecule has 0 saturated heterocycles. The fourth-order valence-corrected chi connectivity index (χ4v) is 4.41. The third-order valence-electron chi connectivity index (χ3n) is 4.44. The van der Waals surface area contributed by atoms with Crippen molar-refractivity contribution in [2.24, 2.45) is 0 Å². The van der Waals surface area contributed by atoms with E-state index in [0.29, 0.717) is 22.3 Å². The minimum atomic E-state index is -0.684. The first kappa shape index (κ1) is 20.3. The second kappa shape index (κ2) is 8.81. The first-order valence-corrected chi connectivity index (χ1v) is 11.2. The highest BCUT2D eigenvalue weighted by molar-refractivity contribution is 7.98. The van der Waals surface area contributed by atoms with Crippen molar-refractivity contribution < 1.29 is 9.53 Å². The Balaban J connectivity index is 1.41. The van der Waals surface area contributed by atoms with Crippen LogP contribution in [0.15, 0.2) is 63.6 Å². The van der Waals surface area contributed by atoms with Crippen LogP contribution in [-0.4, -0.2) is 20.9 Å². The van der Waals surface area contributed by atoms with Crippen LogP contribution in [0, 0.1) is 6.92 Å². The molecule has 4 rings (SSSR count). The Hall–Kier alpha value is -2.97. The summed E-state index contributed by atoms with van der Waals surface area (Å²) in [7, 11) is 0. The van der Waals surface area contributed by atoms with E-state index in [4.69, 9.17) is 4.74 Å². The van der Waals surface area contributed by atoms with Crippen molar-refractivity contribution in [3.63, 3.8) is 0 Å². The molecule has 2 aromatic carbocycles. The molecule has 4 aromatic rings. The molecule has 0 amide bonds. The van der Waals surface area contributed by atoms with E-state index in [1.54, 1.807) is 60.4 Å². The van der Waals surface area contributed by atoms with Gasteiger partial charge in [0, 0.05) is 16.0 Å². The van der Waals surface area contributed by atoms with Gasteiger partial charge in [0.25, 0.3) is 5.56 Å². The number of nitrogens with one attached hydrogen (secondary N) is 1. The summed E-state index contributed by atoms with van der Waals surface area (Å²) in [4.78, 5) is 37.3. The second-order valence-corrected chi connectivity index (χ2v) is 8.80. The van der Waals surface area contributed by atoms with Gasteiger partial charge in [-0.05, 0) is 50.2 Å². The smallest absolute Gasteiger partial charge is 0.338 e. The average molecular weight is 438 g/mol. The number of nitrogens with zero attached hydrogens (tertiary/aromatic N) is 2. The number of rotatable bonds is 6. The van der Waals surface area contributed by atoms with Crippen LogP contribution in [0.1, 0.15) is 39.9 Å². The molecular formula is C22H19N3O3S2. The highest BCUT2D eigenvalue weighted by Crippen LogP contribution is 2.24. The van der Waals surface area contributed by atoms with Gasteiger partial charge in [-0.15, -0.1) is 23.1 Å². The molecule has 0 aliphatic heterocycles. The quantitative estimate of drug-likeness (QED) is 0.341. The van der Waals surface area contributed by atoms with Gasteiger partial charge < -0.3 is 9.72 Å². The van der Waals surface area contributed by atoms with Gasteiger partial charge in [0.1, 0.15) is 0 Å². The van der Waals surface area contributed by atoms with Crippen LogP contribution in [0.3, 0.4) is 0 Å². The van der Waals surface area contributed by atoms with Gasteiger partial charge in [-0.3, -0.25) is 4.79 Å². The fraction of sp³-hybridized carbons (Fsp3) is 0.182. The molecule has 1 N–H and O–H groups in total. The maximum Gasteiger partial charge on any atom is 0.338 e. The number of H-pyrrole nitrogens is 1. The predicted molar refractivity (Wildman–Crippen MR) is 119 cm³/mol. The van der Waals surface area contributed by atoms with Crippen molar-refractivity contribution in [2.45, 2.75) is 30.6 Å². The Morgan fingerprint density at radius 2 is 1.93 bits per heavy atom. The number of hydrogen-bond donors (Lipinski definition) is 1. The van der Waals surface area contributed by atoms with E-state index < -0.39 is 12.1 Å². The maximum atomic E-state index is 12.5. The Bertz CT molecular complexity index is 1250. The van der Waals surface area contributed by atoms with Crippen LogP contribution in [0.4, 0.5) is 0 Å². The molecule has 0 aliphatic rings. The first-order valence-electron chi connectivity index (χ1n) is 9.33. The lowest BCUT2D eigenvalue weighted by Crippen LogP contribution is -2.17.